The summed E-state index contributed by atoms with van der Waals surface area (Å²) in [6.45, 7) is 3.74. The van der Waals surface area contributed by atoms with Gasteiger partial charge in [0.1, 0.15) is 0 Å². The van der Waals surface area contributed by atoms with Crippen molar-refractivity contribution < 1.29 is 19.1 Å². The van der Waals surface area contributed by atoms with Crippen LogP contribution in [-0.4, -0.2) is 50.1 Å². The van der Waals surface area contributed by atoms with Crippen LogP contribution in [0.15, 0.2) is 78.9 Å². The highest BCUT2D eigenvalue weighted by Gasteiger charge is 2.17. The number of nitrogens with zero attached hydrogens (tertiary/aromatic N) is 1. The molecule has 1 saturated heterocycles. The third-order valence-electron chi connectivity index (χ3n) is 6.14. The maximum atomic E-state index is 12.9. The molecule has 3 amide bonds. The Morgan fingerprint density at radius 3 is 2.41 bits per heavy atom. The molecule has 4 rings (SSSR count). The van der Waals surface area contributed by atoms with E-state index in [-0.39, 0.29) is 30.4 Å². The van der Waals surface area contributed by atoms with Crippen molar-refractivity contribution in [2.24, 2.45) is 0 Å². The lowest BCUT2D eigenvalue weighted by Crippen LogP contribution is -2.31. The first-order chi connectivity index (χ1) is 18.0. The van der Waals surface area contributed by atoms with Crippen molar-refractivity contribution >= 4 is 34.8 Å². The minimum atomic E-state index is -0.244. The second kappa shape index (κ2) is 12.7. The van der Waals surface area contributed by atoms with Crippen LogP contribution in [0.1, 0.15) is 40.5 Å². The van der Waals surface area contributed by atoms with Crippen molar-refractivity contribution in [3.63, 3.8) is 0 Å². The zero-order valence-corrected chi connectivity index (χ0v) is 20.9. The van der Waals surface area contributed by atoms with Crippen molar-refractivity contribution in [3.8, 4) is 0 Å². The summed E-state index contributed by atoms with van der Waals surface area (Å²) in [5.41, 5.74) is 3.15. The van der Waals surface area contributed by atoms with Gasteiger partial charge in [0.05, 0.1) is 12.6 Å². The van der Waals surface area contributed by atoms with E-state index in [2.05, 4.69) is 16.0 Å². The number of hydrogen-bond donors (Lipinski definition) is 3. The van der Waals surface area contributed by atoms with Gasteiger partial charge in [0.15, 0.2) is 0 Å². The van der Waals surface area contributed by atoms with Crippen molar-refractivity contribution in [3.05, 3.63) is 90.0 Å². The van der Waals surface area contributed by atoms with Crippen molar-refractivity contribution in [2.75, 3.05) is 41.8 Å². The third kappa shape index (κ3) is 7.17. The van der Waals surface area contributed by atoms with Gasteiger partial charge in [-0.15, -0.1) is 0 Å². The lowest BCUT2D eigenvalue weighted by atomic mass is 10.1. The summed E-state index contributed by atoms with van der Waals surface area (Å²) in [7, 11) is 0. The Morgan fingerprint density at radius 2 is 1.70 bits per heavy atom. The summed E-state index contributed by atoms with van der Waals surface area (Å²) in [6, 6.07) is 23.4. The topological polar surface area (TPSA) is 99.8 Å². The average molecular weight is 501 g/mol. The molecule has 1 heterocycles. The van der Waals surface area contributed by atoms with Crippen LogP contribution in [0.5, 0.6) is 0 Å². The van der Waals surface area contributed by atoms with Gasteiger partial charge >= 0.3 is 0 Å². The zero-order chi connectivity index (χ0) is 26.0. The monoisotopic (exact) mass is 500 g/mol. The van der Waals surface area contributed by atoms with Gasteiger partial charge in [0, 0.05) is 47.9 Å². The summed E-state index contributed by atoms with van der Waals surface area (Å²) in [4.78, 5) is 39.6. The van der Waals surface area contributed by atoms with Gasteiger partial charge < -0.3 is 25.6 Å². The molecular formula is C29H32N4O4. The number of ether oxygens (including phenoxy) is 1. The molecule has 37 heavy (non-hydrogen) atoms. The summed E-state index contributed by atoms with van der Waals surface area (Å²) in [5, 5.41) is 8.77. The second-order valence-corrected chi connectivity index (χ2v) is 8.79. The van der Waals surface area contributed by atoms with E-state index in [0.717, 1.165) is 25.1 Å². The second-order valence-electron chi connectivity index (χ2n) is 8.79. The van der Waals surface area contributed by atoms with Gasteiger partial charge in [-0.05, 0) is 74.4 Å². The number of carbonyl (C=O) groups is 3. The Balaban J connectivity index is 1.27. The summed E-state index contributed by atoms with van der Waals surface area (Å²) in [6.07, 6.45) is 2.06. The highest BCUT2D eigenvalue weighted by atomic mass is 16.5. The molecule has 0 radical (unpaired) electrons. The van der Waals surface area contributed by atoms with E-state index < -0.39 is 0 Å². The first-order valence-electron chi connectivity index (χ1n) is 12.5. The minimum absolute atomic E-state index is 0.0271. The Hall–Kier alpha value is -4.17. The molecule has 0 aromatic heterocycles. The molecule has 3 N–H and O–H groups in total. The highest BCUT2D eigenvalue weighted by molar-refractivity contribution is 6.06. The molecule has 0 spiro atoms. The standard InChI is InChI=1S/C29H32N4O4/c1-2-33(25-10-4-3-5-11-25)29(36)21-13-15-23(16-14-21)32-27(34)20-30-24-9-6-8-22(18-24)28(35)31-19-26-12-7-17-37-26/h3-6,8-11,13-16,18,26,30H,2,7,12,17,19-20H2,1H3,(H,31,35)(H,32,34). The molecule has 1 fully saturated rings. The van der Waals surface area contributed by atoms with Crippen molar-refractivity contribution in [1.82, 2.24) is 5.32 Å². The van der Waals surface area contributed by atoms with Crippen LogP contribution < -0.4 is 20.9 Å². The Bertz CT molecular complexity index is 1210. The van der Waals surface area contributed by atoms with Crippen LogP contribution in [0.3, 0.4) is 0 Å². The molecule has 1 aliphatic heterocycles. The lowest BCUT2D eigenvalue weighted by molar-refractivity contribution is -0.114. The molecule has 1 unspecified atom stereocenters. The smallest absolute Gasteiger partial charge is 0.258 e. The predicted octanol–water partition coefficient (Wildman–Crippen LogP) is 4.31. The molecule has 0 aliphatic carbocycles. The van der Waals surface area contributed by atoms with Gasteiger partial charge in [-0.2, -0.15) is 0 Å². The van der Waals surface area contributed by atoms with Gasteiger partial charge in [-0.25, -0.2) is 0 Å². The molecule has 192 valence electrons. The van der Waals surface area contributed by atoms with Crippen LogP contribution in [0.2, 0.25) is 0 Å². The molecule has 3 aromatic carbocycles. The fourth-order valence-electron chi connectivity index (χ4n) is 4.18. The number of anilines is 3. The van der Waals surface area contributed by atoms with Gasteiger partial charge in [0.25, 0.3) is 11.8 Å². The molecule has 1 aliphatic rings. The zero-order valence-electron chi connectivity index (χ0n) is 20.9. The van der Waals surface area contributed by atoms with E-state index in [9.17, 15) is 14.4 Å². The van der Waals surface area contributed by atoms with Crippen LogP contribution in [0, 0.1) is 0 Å². The maximum Gasteiger partial charge on any atom is 0.258 e. The molecule has 1 atom stereocenters. The molecule has 0 saturated carbocycles. The first-order valence-corrected chi connectivity index (χ1v) is 12.5. The number of nitrogens with one attached hydrogen (secondary N) is 3. The summed E-state index contributed by atoms with van der Waals surface area (Å²) < 4.78 is 5.54. The fourth-order valence-corrected chi connectivity index (χ4v) is 4.18. The molecule has 3 aromatic rings. The highest BCUT2D eigenvalue weighted by Crippen LogP contribution is 2.18. The average Bonchev–Trinajstić information content (AvgIpc) is 3.46. The van der Waals surface area contributed by atoms with E-state index in [1.807, 2.05) is 37.3 Å². The van der Waals surface area contributed by atoms with E-state index >= 15 is 0 Å². The Morgan fingerprint density at radius 1 is 0.919 bits per heavy atom. The van der Waals surface area contributed by atoms with E-state index in [0.29, 0.717) is 35.6 Å². The van der Waals surface area contributed by atoms with Crippen molar-refractivity contribution in [1.29, 1.82) is 0 Å². The first kappa shape index (κ1) is 25.9. The van der Waals surface area contributed by atoms with Crippen LogP contribution in [0.4, 0.5) is 17.1 Å². The molecular weight excluding hydrogens is 468 g/mol. The predicted molar refractivity (Wildman–Crippen MR) is 145 cm³/mol. The van der Waals surface area contributed by atoms with Crippen molar-refractivity contribution in [2.45, 2.75) is 25.9 Å². The summed E-state index contributed by atoms with van der Waals surface area (Å²) in [5.74, 6) is -0.521. The Labute approximate surface area is 217 Å². The molecule has 8 heteroatoms. The Kier molecular flexibility index (Phi) is 8.89. The van der Waals surface area contributed by atoms with E-state index in [1.165, 1.54) is 0 Å². The van der Waals surface area contributed by atoms with E-state index in [1.54, 1.807) is 53.4 Å². The van der Waals surface area contributed by atoms with Crippen LogP contribution in [-0.2, 0) is 9.53 Å². The number of carbonyl (C=O) groups excluding carboxylic acids is 3. The minimum Gasteiger partial charge on any atom is -0.376 e. The van der Waals surface area contributed by atoms with Gasteiger partial charge in [0.2, 0.25) is 5.91 Å². The van der Waals surface area contributed by atoms with E-state index in [4.69, 9.17) is 4.74 Å². The van der Waals surface area contributed by atoms with Crippen LogP contribution >= 0.6 is 0 Å². The largest absolute Gasteiger partial charge is 0.376 e. The quantitative estimate of drug-likeness (QED) is 0.385. The number of rotatable bonds is 10. The molecule has 0 bridgehead atoms. The SMILES string of the molecule is CCN(C(=O)c1ccc(NC(=O)CNc2cccc(C(=O)NCC3CCCO3)c2)cc1)c1ccccc1. The van der Waals surface area contributed by atoms with Gasteiger partial charge in [-0.3, -0.25) is 14.4 Å². The number of hydrogen-bond acceptors (Lipinski definition) is 5. The summed E-state index contributed by atoms with van der Waals surface area (Å²) >= 11 is 0. The maximum absolute atomic E-state index is 12.9. The van der Waals surface area contributed by atoms with Crippen LogP contribution in [0.25, 0.3) is 0 Å². The number of amides is 3. The lowest BCUT2D eigenvalue weighted by Gasteiger charge is -2.21. The normalized spacial score (nSPS) is 14.6. The number of para-hydroxylation sites is 1. The molecule has 8 nitrogen and oxygen atoms in total. The fraction of sp³-hybridized carbons (Fsp3) is 0.276. The van der Waals surface area contributed by atoms with Gasteiger partial charge in [-0.1, -0.05) is 24.3 Å². The third-order valence-corrected chi connectivity index (χ3v) is 6.14. The number of benzene rings is 3.